The Bertz CT molecular complexity index is 918. The van der Waals surface area contributed by atoms with E-state index in [1.807, 2.05) is 24.3 Å². The molecule has 0 unspecified atom stereocenters. The SMILES string of the molecule is COc1ccc(C(=O)N2CCC(NC(=O)COc3ccc(C(C)C)cc3)CC2)c(OC)c1. The third kappa shape index (κ3) is 5.93. The van der Waals surface area contributed by atoms with Gasteiger partial charge in [-0.15, -0.1) is 0 Å². The van der Waals surface area contributed by atoms with Gasteiger partial charge in [0.15, 0.2) is 6.61 Å². The third-order valence-corrected chi connectivity index (χ3v) is 5.70. The van der Waals surface area contributed by atoms with Gasteiger partial charge in [0.1, 0.15) is 17.2 Å². The van der Waals surface area contributed by atoms with Crippen LogP contribution in [-0.4, -0.2) is 56.7 Å². The highest BCUT2D eigenvalue weighted by molar-refractivity contribution is 5.97. The van der Waals surface area contributed by atoms with Crippen LogP contribution in [0.25, 0.3) is 0 Å². The van der Waals surface area contributed by atoms with Gasteiger partial charge in [0.25, 0.3) is 11.8 Å². The predicted molar refractivity (Wildman–Crippen MR) is 123 cm³/mol. The summed E-state index contributed by atoms with van der Waals surface area (Å²) in [5.41, 5.74) is 1.74. The molecule has 172 valence electrons. The van der Waals surface area contributed by atoms with Gasteiger partial charge >= 0.3 is 0 Å². The van der Waals surface area contributed by atoms with Crippen LogP contribution in [0, 0.1) is 0 Å². The number of methoxy groups -OCH3 is 2. The van der Waals surface area contributed by atoms with Crippen molar-refractivity contribution in [1.82, 2.24) is 10.2 Å². The normalized spacial score (nSPS) is 14.2. The molecule has 1 aliphatic heterocycles. The Hall–Kier alpha value is -3.22. The number of piperidine rings is 1. The molecule has 0 saturated carbocycles. The Morgan fingerprint density at radius 2 is 1.66 bits per heavy atom. The molecule has 1 fully saturated rings. The molecule has 0 aliphatic carbocycles. The van der Waals surface area contributed by atoms with E-state index in [1.165, 1.54) is 12.7 Å². The summed E-state index contributed by atoms with van der Waals surface area (Å²) in [6.07, 6.45) is 1.39. The Balaban J connectivity index is 1.46. The Kier molecular flexibility index (Phi) is 7.98. The maximum Gasteiger partial charge on any atom is 0.258 e. The van der Waals surface area contributed by atoms with Gasteiger partial charge in [0.2, 0.25) is 0 Å². The monoisotopic (exact) mass is 440 g/mol. The lowest BCUT2D eigenvalue weighted by Gasteiger charge is -2.32. The Morgan fingerprint density at radius 3 is 2.25 bits per heavy atom. The number of hydrogen-bond acceptors (Lipinski definition) is 5. The van der Waals surface area contributed by atoms with E-state index >= 15 is 0 Å². The number of ether oxygens (including phenoxy) is 3. The number of amides is 2. The molecule has 0 spiro atoms. The number of carbonyl (C=O) groups excluding carboxylic acids is 2. The van der Waals surface area contributed by atoms with Crippen LogP contribution in [0.3, 0.4) is 0 Å². The summed E-state index contributed by atoms with van der Waals surface area (Å²) in [5.74, 6) is 2.03. The van der Waals surface area contributed by atoms with Crippen molar-refractivity contribution in [3.05, 3.63) is 53.6 Å². The van der Waals surface area contributed by atoms with Crippen LogP contribution in [0.1, 0.15) is 48.5 Å². The second kappa shape index (κ2) is 10.9. The van der Waals surface area contributed by atoms with Gasteiger partial charge in [0.05, 0.1) is 19.8 Å². The van der Waals surface area contributed by atoms with Crippen LogP contribution in [0.2, 0.25) is 0 Å². The lowest BCUT2D eigenvalue weighted by Crippen LogP contribution is -2.47. The summed E-state index contributed by atoms with van der Waals surface area (Å²) in [5, 5.41) is 3.01. The van der Waals surface area contributed by atoms with Crippen LogP contribution in [0.5, 0.6) is 17.2 Å². The molecule has 0 aromatic heterocycles. The summed E-state index contributed by atoms with van der Waals surface area (Å²) in [6, 6.07) is 13.0. The summed E-state index contributed by atoms with van der Waals surface area (Å²) in [4.78, 5) is 27.0. The molecular weight excluding hydrogens is 408 g/mol. The predicted octanol–water partition coefficient (Wildman–Crippen LogP) is 3.63. The van der Waals surface area contributed by atoms with Crippen LogP contribution in [-0.2, 0) is 4.79 Å². The Labute approximate surface area is 189 Å². The largest absolute Gasteiger partial charge is 0.497 e. The van der Waals surface area contributed by atoms with Crippen molar-refractivity contribution in [2.24, 2.45) is 0 Å². The molecule has 7 nitrogen and oxygen atoms in total. The van der Waals surface area contributed by atoms with Crippen LogP contribution in [0.15, 0.2) is 42.5 Å². The van der Waals surface area contributed by atoms with Gasteiger partial charge in [-0.2, -0.15) is 0 Å². The van der Waals surface area contributed by atoms with E-state index in [-0.39, 0.29) is 24.5 Å². The number of benzene rings is 2. The van der Waals surface area contributed by atoms with E-state index in [2.05, 4.69) is 19.2 Å². The van der Waals surface area contributed by atoms with Crippen molar-refractivity contribution in [1.29, 1.82) is 0 Å². The van der Waals surface area contributed by atoms with Crippen LogP contribution in [0.4, 0.5) is 0 Å². The standard InChI is InChI=1S/C25H32N2O5/c1-17(2)18-5-7-20(8-6-18)32-16-24(28)26-19-11-13-27(14-12-19)25(29)22-10-9-21(30-3)15-23(22)31-4/h5-10,15,17,19H,11-14,16H2,1-4H3,(H,26,28). The second-order valence-electron chi connectivity index (χ2n) is 8.21. The fourth-order valence-electron chi connectivity index (χ4n) is 3.74. The zero-order valence-corrected chi connectivity index (χ0v) is 19.2. The summed E-state index contributed by atoms with van der Waals surface area (Å²) >= 11 is 0. The number of nitrogens with one attached hydrogen (secondary N) is 1. The fourth-order valence-corrected chi connectivity index (χ4v) is 3.74. The maximum atomic E-state index is 12.9. The number of likely N-dealkylation sites (tertiary alicyclic amines) is 1. The zero-order chi connectivity index (χ0) is 23.1. The number of nitrogens with zero attached hydrogens (tertiary/aromatic N) is 1. The topological polar surface area (TPSA) is 77.1 Å². The fraction of sp³-hybridized carbons (Fsp3) is 0.440. The average Bonchev–Trinajstić information content (AvgIpc) is 2.82. The van der Waals surface area contributed by atoms with Gasteiger partial charge in [-0.25, -0.2) is 0 Å². The first-order valence-electron chi connectivity index (χ1n) is 10.9. The molecule has 0 radical (unpaired) electrons. The van der Waals surface area contributed by atoms with Gasteiger partial charge in [-0.1, -0.05) is 26.0 Å². The molecule has 2 aromatic rings. The minimum atomic E-state index is -0.153. The van der Waals surface area contributed by atoms with Crippen molar-refractivity contribution in [2.45, 2.75) is 38.6 Å². The highest BCUT2D eigenvalue weighted by atomic mass is 16.5. The van der Waals surface area contributed by atoms with Crippen LogP contribution < -0.4 is 19.5 Å². The second-order valence-corrected chi connectivity index (χ2v) is 8.21. The van der Waals surface area contributed by atoms with E-state index in [0.29, 0.717) is 54.7 Å². The number of hydrogen-bond donors (Lipinski definition) is 1. The number of rotatable bonds is 8. The molecule has 1 heterocycles. The van der Waals surface area contributed by atoms with E-state index in [1.54, 1.807) is 30.2 Å². The summed E-state index contributed by atoms with van der Waals surface area (Å²) in [6.45, 7) is 5.38. The maximum absolute atomic E-state index is 12.9. The smallest absolute Gasteiger partial charge is 0.258 e. The molecule has 7 heteroatoms. The zero-order valence-electron chi connectivity index (χ0n) is 19.2. The molecule has 32 heavy (non-hydrogen) atoms. The van der Waals surface area contributed by atoms with Crippen molar-refractivity contribution < 1.29 is 23.8 Å². The summed E-state index contributed by atoms with van der Waals surface area (Å²) in [7, 11) is 3.11. The van der Waals surface area contributed by atoms with E-state index in [0.717, 1.165) is 0 Å². The minimum absolute atomic E-state index is 0.0243. The third-order valence-electron chi connectivity index (χ3n) is 5.70. The van der Waals surface area contributed by atoms with Crippen molar-refractivity contribution >= 4 is 11.8 Å². The molecule has 1 aliphatic rings. The quantitative estimate of drug-likeness (QED) is 0.678. The van der Waals surface area contributed by atoms with Gasteiger partial charge in [-0.05, 0) is 48.6 Å². The van der Waals surface area contributed by atoms with Crippen molar-refractivity contribution in [3.63, 3.8) is 0 Å². The van der Waals surface area contributed by atoms with E-state index in [9.17, 15) is 9.59 Å². The first-order valence-corrected chi connectivity index (χ1v) is 10.9. The Morgan fingerprint density at radius 1 is 1.00 bits per heavy atom. The average molecular weight is 441 g/mol. The molecule has 2 aromatic carbocycles. The molecular formula is C25H32N2O5. The first kappa shape index (κ1) is 23.4. The van der Waals surface area contributed by atoms with Gasteiger partial charge in [0, 0.05) is 25.2 Å². The van der Waals surface area contributed by atoms with Gasteiger partial charge < -0.3 is 24.4 Å². The lowest BCUT2D eigenvalue weighted by molar-refractivity contribution is -0.124. The molecule has 1 N–H and O–H groups in total. The minimum Gasteiger partial charge on any atom is -0.497 e. The number of carbonyl (C=O) groups is 2. The highest BCUT2D eigenvalue weighted by Crippen LogP contribution is 2.27. The first-order chi connectivity index (χ1) is 15.4. The molecule has 0 atom stereocenters. The van der Waals surface area contributed by atoms with Gasteiger partial charge in [-0.3, -0.25) is 9.59 Å². The highest BCUT2D eigenvalue weighted by Gasteiger charge is 2.26. The molecule has 0 bridgehead atoms. The molecule has 2 amide bonds. The summed E-state index contributed by atoms with van der Waals surface area (Å²) < 4.78 is 16.2. The molecule has 1 saturated heterocycles. The molecule has 3 rings (SSSR count). The van der Waals surface area contributed by atoms with Crippen molar-refractivity contribution in [2.75, 3.05) is 33.9 Å². The van der Waals surface area contributed by atoms with Crippen LogP contribution >= 0.6 is 0 Å². The van der Waals surface area contributed by atoms with E-state index < -0.39 is 0 Å². The van der Waals surface area contributed by atoms with E-state index in [4.69, 9.17) is 14.2 Å². The van der Waals surface area contributed by atoms with Crippen molar-refractivity contribution in [3.8, 4) is 17.2 Å². The lowest BCUT2D eigenvalue weighted by atomic mass is 10.0.